The zero-order valence-electron chi connectivity index (χ0n) is 54.8. The molecule has 0 spiro atoms. The summed E-state index contributed by atoms with van der Waals surface area (Å²) in [4.78, 5) is 14.0. The molecule has 0 bridgehead atoms. The van der Waals surface area contributed by atoms with Crippen molar-refractivity contribution in [1.29, 1.82) is 0 Å². The number of aromatic nitrogens is 4. The standard InChI is InChI=1S/C57H55N2OSi2.C16H19N2.Ir/c1-35(2)48-31-42(38-24-22-37(23-25-38)41-28-43(61(5,6)7)33-44(29-41)62(8,9)10)32-49(36(3)4)55(48)59-53-21-14-13-20-52(53)58-57(59)47-19-15-18-46-51-30-40-27-26-39-16-11-12-17-45(39)50(40)34-54(51)60-56(46)47;1-11-6-8-13(9-7-11)15-17-10-12(2)14(18-15)16(3,4)5;/h11-18,20-36H,1-10H3;6-8,10H,1-5H3;/q2*-1;/i;1D3,2D3;. The predicted octanol–water partition coefficient (Wildman–Crippen LogP) is 19.2. The molecular formula is C73H74IrN4OSi2-2. The van der Waals surface area contributed by atoms with Crippen molar-refractivity contribution in [2.45, 2.75) is 119 Å². The van der Waals surface area contributed by atoms with Crippen LogP contribution in [-0.4, -0.2) is 35.7 Å². The average Bonchev–Trinajstić information content (AvgIpc) is 1.98. The number of rotatable bonds is 9. The van der Waals surface area contributed by atoms with Gasteiger partial charge in [0.05, 0.1) is 44.4 Å². The number of para-hydroxylation sites is 2. The maximum Gasteiger partial charge on any atom is 0.121 e. The molecule has 0 saturated carbocycles. The van der Waals surface area contributed by atoms with E-state index in [0.29, 0.717) is 17.1 Å². The predicted molar refractivity (Wildman–Crippen MR) is 347 cm³/mol. The van der Waals surface area contributed by atoms with E-state index < -0.39 is 35.3 Å². The first-order chi connectivity index (χ1) is 40.4. The zero-order chi connectivity index (χ0) is 61.6. The van der Waals surface area contributed by atoms with Gasteiger partial charge in [-0.2, -0.15) is 0 Å². The van der Waals surface area contributed by atoms with Gasteiger partial charge in [-0.25, -0.2) is 0 Å². The third-order valence-corrected chi connectivity index (χ3v) is 19.5. The maximum atomic E-state index is 7.65. The summed E-state index contributed by atoms with van der Waals surface area (Å²) in [6.07, 6.45) is 1.32. The third-order valence-electron chi connectivity index (χ3n) is 15.5. The van der Waals surface area contributed by atoms with Crippen molar-refractivity contribution in [2.75, 3.05) is 0 Å². The van der Waals surface area contributed by atoms with Crippen molar-refractivity contribution < 1.29 is 32.7 Å². The van der Waals surface area contributed by atoms with E-state index in [1.54, 1.807) is 6.07 Å². The van der Waals surface area contributed by atoms with Gasteiger partial charge >= 0.3 is 0 Å². The van der Waals surface area contributed by atoms with E-state index in [9.17, 15) is 0 Å². The molecule has 0 aliphatic rings. The summed E-state index contributed by atoms with van der Waals surface area (Å²) in [5.41, 5.74) is 14.2. The van der Waals surface area contributed by atoms with Crippen molar-refractivity contribution in [3.63, 3.8) is 0 Å². The van der Waals surface area contributed by atoms with Gasteiger partial charge in [0.25, 0.3) is 0 Å². The topological polar surface area (TPSA) is 56.7 Å². The Morgan fingerprint density at radius 3 is 1.85 bits per heavy atom. The van der Waals surface area contributed by atoms with Crippen molar-refractivity contribution in [3.8, 4) is 50.7 Å². The molecule has 3 heterocycles. The van der Waals surface area contributed by atoms with Gasteiger partial charge in [-0.1, -0.05) is 207 Å². The normalized spacial score (nSPS) is 13.7. The molecular weight excluding hydrogens is 1200 g/mol. The minimum absolute atomic E-state index is 0. The molecule has 12 rings (SSSR count). The maximum absolute atomic E-state index is 7.65. The number of furan rings is 1. The molecule has 81 heavy (non-hydrogen) atoms. The van der Waals surface area contributed by atoms with Gasteiger partial charge in [0.2, 0.25) is 0 Å². The minimum Gasteiger partial charge on any atom is -0.501 e. The smallest absolute Gasteiger partial charge is 0.121 e. The van der Waals surface area contributed by atoms with Gasteiger partial charge < -0.3 is 8.98 Å². The van der Waals surface area contributed by atoms with E-state index in [1.807, 2.05) is 26.8 Å². The summed E-state index contributed by atoms with van der Waals surface area (Å²) in [6, 6.07) is 62.8. The Kier molecular flexibility index (Phi) is 13.5. The van der Waals surface area contributed by atoms with Gasteiger partial charge in [0.15, 0.2) is 0 Å². The van der Waals surface area contributed by atoms with Crippen LogP contribution in [0.25, 0.3) is 105 Å². The Morgan fingerprint density at radius 2 is 1.23 bits per heavy atom. The molecule has 5 nitrogen and oxygen atoms in total. The summed E-state index contributed by atoms with van der Waals surface area (Å²) < 4.78 is 54.4. The number of aryl methyl sites for hydroxylation is 2. The molecule has 0 aliphatic heterocycles. The number of benzene rings is 9. The van der Waals surface area contributed by atoms with Crippen LogP contribution >= 0.6 is 0 Å². The number of hydrogen-bond donors (Lipinski definition) is 0. The Labute approximate surface area is 503 Å². The van der Waals surface area contributed by atoms with Gasteiger partial charge in [-0.15, -0.1) is 53.6 Å². The van der Waals surface area contributed by atoms with Crippen LogP contribution in [0.3, 0.4) is 0 Å². The molecule has 0 fully saturated rings. The second kappa shape index (κ2) is 22.0. The summed E-state index contributed by atoms with van der Waals surface area (Å²) in [5.74, 6) is 1.65. The molecule has 411 valence electrons. The van der Waals surface area contributed by atoms with Crippen molar-refractivity contribution >= 4 is 81.0 Å². The van der Waals surface area contributed by atoms with E-state index in [1.165, 1.54) is 89.3 Å². The average molecular weight is 1280 g/mol. The fourth-order valence-corrected chi connectivity index (χ4v) is 13.5. The van der Waals surface area contributed by atoms with Gasteiger partial charge in [0.1, 0.15) is 5.58 Å². The summed E-state index contributed by atoms with van der Waals surface area (Å²) >= 11 is 0. The van der Waals surface area contributed by atoms with E-state index >= 15 is 0 Å². The fourth-order valence-electron chi connectivity index (χ4n) is 11.0. The first-order valence-electron chi connectivity index (χ1n) is 31.0. The molecule has 0 unspecified atom stereocenters. The monoisotopic (exact) mass is 1280 g/mol. The Balaban J connectivity index is 0.000000282. The van der Waals surface area contributed by atoms with Crippen LogP contribution in [0.2, 0.25) is 39.3 Å². The quantitative estimate of drug-likeness (QED) is 0.0821. The van der Waals surface area contributed by atoms with Crippen LogP contribution in [-0.2, 0) is 25.5 Å². The molecule has 0 aliphatic carbocycles. The molecule has 1 radical (unpaired) electrons. The van der Waals surface area contributed by atoms with E-state index in [4.69, 9.17) is 17.6 Å². The van der Waals surface area contributed by atoms with Crippen molar-refractivity contribution in [2.24, 2.45) is 0 Å². The second-order valence-corrected chi connectivity index (χ2v) is 35.4. The number of fused-ring (bicyclic) bond motifs is 7. The van der Waals surface area contributed by atoms with E-state index in [0.717, 1.165) is 44.4 Å². The van der Waals surface area contributed by atoms with Crippen LogP contribution in [0.1, 0.15) is 96.5 Å². The van der Waals surface area contributed by atoms with Crippen LogP contribution in [0.15, 0.2) is 168 Å². The summed E-state index contributed by atoms with van der Waals surface area (Å²) in [6.45, 7) is 25.2. The van der Waals surface area contributed by atoms with Crippen LogP contribution in [0.5, 0.6) is 0 Å². The van der Waals surface area contributed by atoms with E-state index in [2.05, 4.69) is 227 Å². The molecule has 0 atom stereocenters. The molecule has 0 amide bonds. The number of imidazole rings is 1. The third kappa shape index (κ3) is 11.2. The Bertz CT molecular complexity index is 4500. The molecule has 8 heteroatoms. The van der Waals surface area contributed by atoms with Crippen molar-refractivity contribution in [1.82, 2.24) is 19.5 Å². The first-order valence-corrected chi connectivity index (χ1v) is 35.0. The molecule has 9 aromatic carbocycles. The molecule has 0 saturated heterocycles. The van der Waals surface area contributed by atoms with Gasteiger partial charge in [-0.3, -0.25) is 15.0 Å². The van der Waals surface area contributed by atoms with Crippen LogP contribution in [0.4, 0.5) is 0 Å². The largest absolute Gasteiger partial charge is 0.501 e. The first kappa shape index (κ1) is 49.7. The molecule has 0 N–H and O–H groups in total. The zero-order valence-corrected chi connectivity index (χ0v) is 53.2. The fraction of sp³-hybridized carbons (Fsp3) is 0.247. The number of hydrogen-bond acceptors (Lipinski definition) is 4. The number of nitrogens with zero attached hydrogens (tertiary/aromatic N) is 4. The Morgan fingerprint density at radius 1 is 0.593 bits per heavy atom. The second-order valence-electron chi connectivity index (χ2n) is 25.2. The summed E-state index contributed by atoms with van der Waals surface area (Å²) in [5, 5.41) is 10.1. The Hall–Kier alpha value is -7.07. The van der Waals surface area contributed by atoms with Gasteiger partial charge in [-0.05, 0) is 116 Å². The molecule has 3 aromatic heterocycles. The van der Waals surface area contributed by atoms with Crippen molar-refractivity contribution in [3.05, 3.63) is 204 Å². The van der Waals surface area contributed by atoms with Gasteiger partial charge in [0, 0.05) is 56.7 Å². The SMILES string of the molecule is CC(C)c1cc(-c2ccc(-c3cc([Si](C)(C)C)cc([Si](C)(C)C)c3)cc2)cc(C(C)C)c1-n1c(-c2[c-]ccc3c2oc2cc4c(ccc5ccccc54)cc23)nc2ccccc21.[2H]C([2H])([2H])c1c[c-]c(-c2ncc(C([2H])([2H])[2H])c(C(C)(C)C)n2)cc1.[Ir]. The van der Waals surface area contributed by atoms with Crippen LogP contribution in [0, 0.1) is 25.8 Å². The minimum atomic E-state index is -2.30. The van der Waals surface area contributed by atoms with Crippen LogP contribution < -0.4 is 10.4 Å². The molecule has 12 aromatic rings. The van der Waals surface area contributed by atoms with E-state index in [-0.39, 0.29) is 43.1 Å². The summed E-state index contributed by atoms with van der Waals surface area (Å²) in [7, 11) is -3.02.